The zero-order chi connectivity index (χ0) is 23.6. The number of aryl methyl sites for hydroxylation is 1. The van der Waals surface area contributed by atoms with Gasteiger partial charge in [0.15, 0.2) is 0 Å². The lowest BCUT2D eigenvalue weighted by atomic mass is 10.0. The molecule has 1 atom stereocenters. The zero-order valence-corrected chi connectivity index (χ0v) is 19.4. The first-order chi connectivity index (χ1) is 15.0. The Morgan fingerprint density at radius 1 is 1.19 bits per heavy atom. The van der Waals surface area contributed by atoms with Crippen LogP contribution in [0.5, 0.6) is 0 Å². The zero-order valence-electron chi connectivity index (χ0n) is 17.9. The third-order valence-electron chi connectivity index (χ3n) is 5.00. The van der Waals surface area contributed by atoms with Gasteiger partial charge in [0.05, 0.1) is 23.7 Å². The number of halogens is 1. The minimum Gasteiger partial charge on any atom is -0.354 e. The Labute approximate surface area is 191 Å². The molecule has 170 valence electrons. The number of carbonyl (C=O) groups is 2. The van der Waals surface area contributed by atoms with Crippen molar-refractivity contribution in [3.05, 3.63) is 53.1 Å². The molecule has 1 saturated heterocycles. The van der Waals surface area contributed by atoms with Crippen LogP contribution in [0.3, 0.4) is 0 Å². The highest BCUT2D eigenvalue weighted by molar-refractivity contribution is 7.88. The van der Waals surface area contributed by atoms with Gasteiger partial charge in [0.1, 0.15) is 16.7 Å². The minimum absolute atomic E-state index is 0.121. The number of pyridine rings is 1. The highest BCUT2D eigenvalue weighted by Crippen LogP contribution is 2.31. The maximum Gasteiger partial charge on any atom is 0.269 e. The normalized spacial score (nSPS) is 17.1. The van der Waals surface area contributed by atoms with E-state index >= 15 is 0 Å². The predicted octanol–water partition coefficient (Wildman–Crippen LogP) is 1.19. The molecule has 0 bridgehead atoms. The summed E-state index contributed by atoms with van der Waals surface area (Å²) in [7, 11) is -2.08. The van der Waals surface area contributed by atoms with E-state index in [1.807, 2.05) is 0 Å². The van der Waals surface area contributed by atoms with Gasteiger partial charge >= 0.3 is 0 Å². The smallest absolute Gasteiger partial charge is 0.269 e. The van der Waals surface area contributed by atoms with Crippen LogP contribution in [0.1, 0.15) is 27.9 Å². The monoisotopic (exact) mass is 478 g/mol. The third-order valence-corrected chi connectivity index (χ3v) is 6.49. The molecule has 2 aromatic heterocycles. The van der Waals surface area contributed by atoms with Gasteiger partial charge in [-0.15, -0.1) is 0 Å². The topological polar surface area (TPSA) is 125 Å². The van der Waals surface area contributed by atoms with Crippen LogP contribution in [0, 0.1) is 6.92 Å². The van der Waals surface area contributed by atoms with Crippen molar-refractivity contribution in [3.63, 3.8) is 0 Å². The summed E-state index contributed by atoms with van der Waals surface area (Å²) >= 11 is 6.28. The van der Waals surface area contributed by atoms with E-state index < -0.39 is 16.1 Å². The van der Waals surface area contributed by atoms with Crippen molar-refractivity contribution >= 4 is 33.4 Å². The molecule has 0 saturated carbocycles. The number of hydrogen-bond acceptors (Lipinski definition) is 7. The molecule has 1 aliphatic heterocycles. The van der Waals surface area contributed by atoms with Crippen LogP contribution in [-0.4, -0.2) is 77.3 Å². The van der Waals surface area contributed by atoms with Crippen LogP contribution in [0.15, 0.2) is 30.9 Å². The first-order valence-electron chi connectivity index (χ1n) is 9.67. The molecule has 3 heterocycles. The van der Waals surface area contributed by atoms with E-state index in [2.05, 4.69) is 26.8 Å². The average Bonchev–Trinajstić information content (AvgIpc) is 2.76. The number of amides is 2. The molecule has 32 heavy (non-hydrogen) atoms. The van der Waals surface area contributed by atoms with Gasteiger partial charge in [0.2, 0.25) is 15.9 Å². The average molecular weight is 479 g/mol. The number of nitrogens with zero attached hydrogens (tertiary/aromatic N) is 5. The van der Waals surface area contributed by atoms with Crippen LogP contribution >= 0.6 is 11.6 Å². The summed E-state index contributed by atoms with van der Waals surface area (Å²) in [5.74, 6) is -0.305. The van der Waals surface area contributed by atoms with Crippen LogP contribution in [-0.2, 0) is 14.8 Å². The molecule has 12 heteroatoms. The van der Waals surface area contributed by atoms with Gasteiger partial charge in [-0.3, -0.25) is 9.59 Å². The molecule has 2 amide bonds. The van der Waals surface area contributed by atoms with E-state index in [9.17, 15) is 18.0 Å². The Morgan fingerprint density at radius 2 is 1.88 bits per heavy atom. The largest absolute Gasteiger partial charge is 0.354 e. The van der Waals surface area contributed by atoms with Crippen molar-refractivity contribution in [1.82, 2.24) is 29.5 Å². The van der Waals surface area contributed by atoms with Crippen LogP contribution in [0.4, 0.5) is 0 Å². The Kier molecular flexibility index (Phi) is 6.91. The molecule has 0 aliphatic carbocycles. The number of rotatable bonds is 5. The summed E-state index contributed by atoms with van der Waals surface area (Å²) in [5, 5.41) is 2.63. The van der Waals surface area contributed by atoms with Crippen LogP contribution in [0.25, 0.3) is 11.4 Å². The molecule has 2 aromatic rings. The van der Waals surface area contributed by atoms with Crippen molar-refractivity contribution in [2.24, 2.45) is 0 Å². The molecule has 0 aromatic carbocycles. The van der Waals surface area contributed by atoms with Crippen molar-refractivity contribution < 1.29 is 18.0 Å². The fourth-order valence-corrected chi connectivity index (χ4v) is 4.83. The summed E-state index contributed by atoms with van der Waals surface area (Å²) < 4.78 is 26.2. The van der Waals surface area contributed by atoms with E-state index in [-0.39, 0.29) is 42.3 Å². The Balaban J connectivity index is 2.10. The molecule has 1 N–H and O–H groups in total. The van der Waals surface area contributed by atoms with Gasteiger partial charge in [0.25, 0.3) is 5.91 Å². The van der Waals surface area contributed by atoms with Gasteiger partial charge in [-0.1, -0.05) is 18.2 Å². The van der Waals surface area contributed by atoms with Gasteiger partial charge < -0.3 is 10.2 Å². The number of piperazine rings is 1. The molecular formula is C20H23ClN6O4S. The first kappa shape index (κ1) is 23.8. The maximum atomic E-state index is 12.4. The number of nitrogens with one attached hydrogen (secondary N) is 1. The Bertz CT molecular complexity index is 1190. The second-order valence-electron chi connectivity index (χ2n) is 7.25. The standard InChI is InChI=1S/C20H23ClN6O4S/c1-5-19(28)26-6-7-27(32(4,30)31)17(11-26)13-8-14(25-18(21)9-13)15-10-16(20(29)22-3)24-12(2)23-15/h5,8-10,17H,1,6-7,11H2,2-4H3,(H,22,29)/t17-/m1/s1. The fourth-order valence-electron chi connectivity index (χ4n) is 3.55. The van der Waals surface area contributed by atoms with Crippen molar-refractivity contribution in [2.45, 2.75) is 13.0 Å². The number of sulfonamides is 1. The third kappa shape index (κ3) is 5.12. The molecule has 3 rings (SSSR count). The first-order valence-corrected chi connectivity index (χ1v) is 11.9. The second-order valence-corrected chi connectivity index (χ2v) is 9.57. The Hall–Kier alpha value is -2.89. The van der Waals surface area contributed by atoms with Gasteiger partial charge in [-0.2, -0.15) is 4.31 Å². The molecule has 0 spiro atoms. The number of aromatic nitrogens is 3. The van der Waals surface area contributed by atoms with E-state index in [4.69, 9.17) is 11.6 Å². The fraction of sp³-hybridized carbons (Fsp3) is 0.350. The quantitative estimate of drug-likeness (QED) is 0.505. The lowest BCUT2D eigenvalue weighted by molar-refractivity contribution is -0.128. The maximum absolute atomic E-state index is 12.4. The second kappa shape index (κ2) is 9.31. The molecule has 1 aliphatic rings. The van der Waals surface area contributed by atoms with Gasteiger partial charge in [-0.05, 0) is 36.8 Å². The summed E-state index contributed by atoms with van der Waals surface area (Å²) in [6.45, 7) is 5.66. The highest BCUT2D eigenvalue weighted by Gasteiger charge is 2.35. The van der Waals surface area contributed by atoms with Crippen molar-refractivity contribution in [2.75, 3.05) is 32.9 Å². The summed E-state index contributed by atoms with van der Waals surface area (Å²) in [4.78, 5) is 38.5. The van der Waals surface area contributed by atoms with Crippen LogP contribution < -0.4 is 5.32 Å². The van der Waals surface area contributed by atoms with Crippen molar-refractivity contribution in [1.29, 1.82) is 0 Å². The number of carbonyl (C=O) groups excluding carboxylic acids is 2. The highest BCUT2D eigenvalue weighted by atomic mass is 35.5. The summed E-state index contributed by atoms with van der Waals surface area (Å²) in [6.07, 6.45) is 2.32. The molecule has 0 radical (unpaired) electrons. The van der Waals surface area contributed by atoms with E-state index in [1.54, 1.807) is 19.1 Å². The van der Waals surface area contributed by atoms with Crippen molar-refractivity contribution in [3.8, 4) is 11.4 Å². The molecule has 10 nitrogen and oxygen atoms in total. The van der Waals surface area contributed by atoms with E-state index in [0.717, 1.165) is 6.26 Å². The minimum atomic E-state index is -3.57. The molecule has 0 unspecified atom stereocenters. The SMILES string of the molecule is C=CC(=O)N1CCN(S(C)(=O)=O)[C@@H](c2cc(Cl)nc(-c3cc(C(=O)NC)nc(C)n3)c2)C1. The Morgan fingerprint density at radius 3 is 2.50 bits per heavy atom. The summed E-state index contributed by atoms with van der Waals surface area (Å²) in [5.41, 5.74) is 1.42. The molecule has 1 fully saturated rings. The lowest BCUT2D eigenvalue weighted by Gasteiger charge is -2.40. The lowest BCUT2D eigenvalue weighted by Crippen LogP contribution is -2.51. The predicted molar refractivity (Wildman–Crippen MR) is 119 cm³/mol. The summed E-state index contributed by atoms with van der Waals surface area (Å²) in [6, 6.07) is 4.02. The van der Waals surface area contributed by atoms with E-state index in [0.29, 0.717) is 22.8 Å². The van der Waals surface area contributed by atoms with Crippen LogP contribution in [0.2, 0.25) is 5.15 Å². The molecular weight excluding hydrogens is 456 g/mol. The van der Waals surface area contributed by atoms with Gasteiger partial charge in [0, 0.05) is 26.7 Å². The number of hydrogen-bond donors (Lipinski definition) is 1. The van der Waals surface area contributed by atoms with Gasteiger partial charge in [-0.25, -0.2) is 23.4 Å². The van der Waals surface area contributed by atoms with E-state index in [1.165, 1.54) is 28.4 Å².